The lowest BCUT2D eigenvalue weighted by Gasteiger charge is -2.08. The van der Waals surface area contributed by atoms with Gasteiger partial charge in [0.25, 0.3) is 10.0 Å². The number of aryl methyl sites for hydroxylation is 1. The largest absolute Gasteiger partial charge is 0.315 e. The van der Waals surface area contributed by atoms with E-state index in [1.54, 1.807) is 0 Å². The van der Waals surface area contributed by atoms with Gasteiger partial charge in [0, 0.05) is 11.8 Å². The first-order valence-corrected chi connectivity index (χ1v) is 8.17. The molecule has 1 aromatic carbocycles. The van der Waals surface area contributed by atoms with E-state index in [4.69, 9.17) is 0 Å². The standard InChI is InChI=1S/C10H7BrF2N2O3S2/c1-4-9(19-10(16)14-4)20(17,18)15-8-2-5(11)6(12)3-7(8)13/h2-3,15H,1H3,(H,14,16). The van der Waals surface area contributed by atoms with Crippen LogP contribution in [0.4, 0.5) is 14.5 Å². The topological polar surface area (TPSA) is 79.0 Å². The van der Waals surface area contributed by atoms with Crippen LogP contribution in [0.5, 0.6) is 0 Å². The third kappa shape index (κ3) is 2.91. The van der Waals surface area contributed by atoms with Gasteiger partial charge in [0.15, 0.2) is 4.21 Å². The first kappa shape index (κ1) is 15.1. The van der Waals surface area contributed by atoms with Crippen molar-refractivity contribution in [2.24, 2.45) is 0 Å². The van der Waals surface area contributed by atoms with Crippen LogP contribution in [0.1, 0.15) is 5.69 Å². The molecule has 1 heterocycles. The van der Waals surface area contributed by atoms with E-state index in [-0.39, 0.29) is 14.4 Å². The van der Waals surface area contributed by atoms with Crippen LogP contribution in [0.25, 0.3) is 0 Å². The number of aromatic amines is 1. The van der Waals surface area contributed by atoms with E-state index in [2.05, 4.69) is 20.9 Å². The minimum Gasteiger partial charge on any atom is -0.315 e. The number of rotatable bonds is 3. The fraction of sp³-hybridized carbons (Fsp3) is 0.100. The molecule has 0 fully saturated rings. The van der Waals surface area contributed by atoms with Crippen LogP contribution in [0.15, 0.2) is 25.6 Å². The van der Waals surface area contributed by atoms with E-state index in [1.807, 2.05) is 4.72 Å². The Bertz CT molecular complexity index is 830. The number of H-pyrrole nitrogens is 1. The molecule has 0 aliphatic carbocycles. The summed E-state index contributed by atoms with van der Waals surface area (Å²) in [6.45, 7) is 1.41. The molecule has 0 aliphatic rings. The molecule has 0 radical (unpaired) electrons. The molecule has 0 unspecified atom stereocenters. The van der Waals surface area contributed by atoms with Crippen LogP contribution in [0.2, 0.25) is 0 Å². The maximum Gasteiger partial charge on any atom is 0.306 e. The minimum atomic E-state index is -4.12. The van der Waals surface area contributed by atoms with Crippen LogP contribution in [0.3, 0.4) is 0 Å². The Morgan fingerprint density at radius 2 is 1.95 bits per heavy atom. The predicted molar refractivity (Wildman–Crippen MR) is 74.5 cm³/mol. The zero-order chi connectivity index (χ0) is 15.1. The molecular weight excluding hydrogens is 378 g/mol. The number of halogens is 3. The Morgan fingerprint density at radius 1 is 1.30 bits per heavy atom. The Morgan fingerprint density at radius 3 is 2.50 bits per heavy atom. The van der Waals surface area contributed by atoms with Crippen LogP contribution >= 0.6 is 27.3 Å². The summed E-state index contributed by atoms with van der Waals surface area (Å²) in [5.74, 6) is -1.91. The van der Waals surface area contributed by atoms with E-state index < -0.39 is 32.2 Å². The summed E-state index contributed by atoms with van der Waals surface area (Å²) >= 11 is 3.32. The summed E-state index contributed by atoms with van der Waals surface area (Å²) < 4.78 is 52.3. The lowest BCUT2D eigenvalue weighted by Crippen LogP contribution is -2.14. The fourth-order valence-corrected chi connectivity index (χ4v) is 4.14. The van der Waals surface area contributed by atoms with Crippen LogP contribution in [-0.2, 0) is 10.0 Å². The lowest BCUT2D eigenvalue weighted by molar-refractivity contribution is 0.579. The smallest absolute Gasteiger partial charge is 0.306 e. The van der Waals surface area contributed by atoms with Crippen molar-refractivity contribution in [2.75, 3.05) is 4.72 Å². The number of hydrogen-bond donors (Lipinski definition) is 2. The molecular formula is C10H7BrF2N2O3S2. The number of aromatic nitrogens is 1. The van der Waals surface area contributed by atoms with Gasteiger partial charge in [-0.1, -0.05) is 11.3 Å². The summed E-state index contributed by atoms with van der Waals surface area (Å²) in [6.07, 6.45) is 0. The molecule has 0 saturated carbocycles. The molecule has 2 N–H and O–H groups in total. The third-order valence-electron chi connectivity index (χ3n) is 2.28. The normalized spacial score (nSPS) is 11.6. The highest BCUT2D eigenvalue weighted by molar-refractivity contribution is 9.10. The van der Waals surface area contributed by atoms with Crippen molar-refractivity contribution < 1.29 is 17.2 Å². The van der Waals surface area contributed by atoms with Gasteiger partial charge in [-0.3, -0.25) is 9.52 Å². The second kappa shape index (κ2) is 5.26. The van der Waals surface area contributed by atoms with Crippen molar-refractivity contribution in [1.29, 1.82) is 0 Å². The molecule has 2 aromatic rings. The van der Waals surface area contributed by atoms with Gasteiger partial charge in [0.2, 0.25) is 0 Å². The Kier molecular flexibility index (Phi) is 3.98. The quantitative estimate of drug-likeness (QED) is 0.798. The Balaban J connectivity index is 2.46. The molecule has 0 saturated heterocycles. The first-order chi connectivity index (χ1) is 9.20. The second-order valence-corrected chi connectivity index (χ2v) is 7.49. The van der Waals surface area contributed by atoms with Gasteiger partial charge in [-0.05, 0) is 28.9 Å². The molecule has 0 bridgehead atoms. The van der Waals surface area contributed by atoms with Gasteiger partial charge in [-0.25, -0.2) is 17.2 Å². The van der Waals surface area contributed by atoms with E-state index in [1.165, 1.54) is 6.92 Å². The lowest BCUT2D eigenvalue weighted by atomic mass is 10.3. The van der Waals surface area contributed by atoms with Crippen molar-refractivity contribution >= 4 is 43.0 Å². The summed E-state index contributed by atoms with van der Waals surface area (Å²) in [5.41, 5.74) is -0.271. The van der Waals surface area contributed by atoms with Crippen LogP contribution in [0, 0.1) is 18.6 Å². The maximum absolute atomic E-state index is 13.5. The zero-order valence-corrected chi connectivity index (χ0v) is 13.0. The highest BCUT2D eigenvalue weighted by Gasteiger charge is 2.22. The number of thiazole rings is 1. The first-order valence-electron chi connectivity index (χ1n) is 5.08. The van der Waals surface area contributed by atoms with Gasteiger partial charge in [0.05, 0.1) is 10.2 Å². The number of anilines is 1. The Labute approximate surface area is 124 Å². The minimum absolute atomic E-state index is 0.0874. The molecule has 0 aliphatic heterocycles. The van der Waals surface area contributed by atoms with Gasteiger partial charge < -0.3 is 4.98 Å². The van der Waals surface area contributed by atoms with Gasteiger partial charge in [-0.15, -0.1) is 0 Å². The second-order valence-electron chi connectivity index (χ2n) is 3.78. The van der Waals surface area contributed by atoms with Crippen LogP contribution < -0.4 is 9.60 Å². The molecule has 20 heavy (non-hydrogen) atoms. The highest BCUT2D eigenvalue weighted by Crippen LogP contribution is 2.27. The molecule has 108 valence electrons. The summed E-state index contributed by atoms with van der Waals surface area (Å²) in [6, 6.07) is 1.52. The van der Waals surface area contributed by atoms with Crippen molar-refractivity contribution in [2.45, 2.75) is 11.1 Å². The van der Waals surface area contributed by atoms with Crippen molar-refractivity contribution in [3.8, 4) is 0 Å². The molecule has 2 rings (SSSR count). The molecule has 10 heteroatoms. The van der Waals surface area contributed by atoms with Gasteiger partial charge in [0.1, 0.15) is 11.6 Å². The van der Waals surface area contributed by atoms with Crippen molar-refractivity contribution in [3.05, 3.63) is 43.6 Å². The summed E-state index contributed by atoms with van der Waals surface area (Å²) in [4.78, 5) is 12.9. The predicted octanol–water partition coefficient (Wildman–Crippen LogP) is 2.59. The van der Waals surface area contributed by atoms with Gasteiger partial charge in [-0.2, -0.15) is 0 Å². The highest BCUT2D eigenvalue weighted by atomic mass is 79.9. The number of hydrogen-bond acceptors (Lipinski definition) is 4. The number of nitrogens with one attached hydrogen (secondary N) is 2. The fourth-order valence-electron chi connectivity index (χ4n) is 1.44. The SMILES string of the molecule is Cc1[nH]c(=O)sc1S(=O)(=O)Nc1cc(Br)c(F)cc1F. The average Bonchev–Trinajstić information content (AvgIpc) is 2.66. The Hall–Kier alpha value is -1.26. The maximum atomic E-state index is 13.5. The molecule has 5 nitrogen and oxygen atoms in total. The number of sulfonamides is 1. The van der Waals surface area contributed by atoms with E-state index in [9.17, 15) is 22.0 Å². The molecule has 0 amide bonds. The van der Waals surface area contributed by atoms with Crippen molar-refractivity contribution in [3.63, 3.8) is 0 Å². The molecule has 0 atom stereocenters. The molecule has 1 aromatic heterocycles. The van der Waals surface area contributed by atoms with Crippen molar-refractivity contribution in [1.82, 2.24) is 4.98 Å². The van der Waals surface area contributed by atoms with E-state index in [0.29, 0.717) is 17.4 Å². The molecule has 0 spiro atoms. The third-order valence-corrected chi connectivity index (χ3v) is 5.86. The van der Waals surface area contributed by atoms with Crippen LogP contribution in [-0.4, -0.2) is 13.4 Å². The summed E-state index contributed by atoms with van der Waals surface area (Å²) in [7, 11) is -4.12. The monoisotopic (exact) mass is 384 g/mol. The summed E-state index contributed by atoms with van der Waals surface area (Å²) in [5, 5.41) is 0. The van der Waals surface area contributed by atoms with Gasteiger partial charge >= 0.3 is 4.87 Å². The number of benzene rings is 1. The zero-order valence-electron chi connectivity index (χ0n) is 9.83. The van der Waals surface area contributed by atoms with E-state index in [0.717, 1.165) is 6.07 Å². The average molecular weight is 385 g/mol. The van der Waals surface area contributed by atoms with E-state index >= 15 is 0 Å².